The van der Waals surface area contributed by atoms with Gasteiger partial charge < -0.3 is 9.47 Å². The van der Waals surface area contributed by atoms with E-state index in [1.165, 1.54) is 53.8 Å². The van der Waals surface area contributed by atoms with Crippen molar-refractivity contribution < 1.29 is 24.0 Å². The fourth-order valence-corrected chi connectivity index (χ4v) is 3.27. The summed E-state index contributed by atoms with van der Waals surface area (Å²) in [7, 11) is 0. The Labute approximate surface area is 162 Å². The molecule has 2 heterocycles. The van der Waals surface area contributed by atoms with Crippen molar-refractivity contribution in [2.45, 2.75) is 0 Å². The molecular formula is C20H11NO6S. The molecule has 138 valence electrons. The molecule has 8 heteroatoms. The number of nitro benzene ring substituents is 1. The highest BCUT2D eigenvalue weighted by molar-refractivity contribution is 7.10. The number of esters is 1. The van der Waals surface area contributed by atoms with Crippen LogP contribution in [-0.2, 0) is 0 Å². The summed E-state index contributed by atoms with van der Waals surface area (Å²) in [5.74, 6) is -0.199. The van der Waals surface area contributed by atoms with Crippen LogP contribution in [-0.4, -0.2) is 16.7 Å². The Hall–Kier alpha value is -3.78. The molecule has 1 aliphatic rings. The van der Waals surface area contributed by atoms with E-state index < -0.39 is 10.9 Å². The summed E-state index contributed by atoms with van der Waals surface area (Å²) in [5, 5.41) is 12.6. The van der Waals surface area contributed by atoms with Gasteiger partial charge in [-0.25, -0.2) is 4.79 Å². The number of fused-ring (bicyclic) bond motifs is 1. The lowest BCUT2D eigenvalue weighted by Gasteiger charge is -2.05. The van der Waals surface area contributed by atoms with Crippen molar-refractivity contribution in [3.8, 4) is 11.5 Å². The number of hydrogen-bond donors (Lipinski definition) is 0. The zero-order chi connectivity index (χ0) is 19.7. The molecule has 4 rings (SSSR count). The number of carbonyl (C=O) groups is 2. The van der Waals surface area contributed by atoms with Gasteiger partial charge in [0.25, 0.3) is 5.69 Å². The Balaban J connectivity index is 1.52. The second kappa shape index (κ2) is 7.09. The van der Waals surface area contributed by atoms with Gasteiger partial charge in [0.2, 0.25) is 5.78 Å². The topological polar surface area (TPSA) is 95.7 Å². The highest BCUT2D eigenvalue weighted by Gasteiger charge is 2.28. The highest BCUT2D eigenvalue weighted by Crippen LogP contribution is 2.35. The van der Waals surface area contributed by atoms with Crippen LogP contribution in [0.2, 0.25) is 0 Å². The van der Waals surface area contributed by atoms with Crippen LogP contribution >= 0.6 is 11.3 Å². The summed E-state index contributed by atoms with van der Waals surface area (Å²) < 4.78 is 10.9. The molecule has 7 nitrogen and oxygen atoms in total. The minimum Gasteiger partial charge on any atom is -0.452 e. The van der Waals surface area contributed by atoms with Crippen molar-refractivity contribution in [3.63, 3.8) is 0 Å². The maximum Gasteiger partial charge on any atom is 0.343 e. The van der Waals surface area contributed by atoms with Crippen LogP contribution in [0.3, 0.4) is 0 Å². The predicted molar refractivity (Wildman–Crippen MR) is 102 cm³/mol. The van der Waals surface area contributed by atoms with Gasteiger partial charge in [0, 0.05) is 29.2 Å². The van der Waals surface area contributed by atoms with Gasteiger partial charge in [0.05, 0.1) is 16.1 Å². The second-order valence-corrected chi connectivity index (χ2v) is 6.79. The van der Waals surface area contributed by atoms with Crippen molar-refractivity contribution in [2.75, 3.05) is 0 Å². The number of hydrogen-bond acceptors (Lipinski definition) is 7. The number of allylic oxidation sites excluding steroid dienone is 1. The van der Waals surface area contributed by atoms with Gasteiger partial charge in [-0.15, -0.1) is 11.3 Å². The first-order valence-electron chi connectivity index (χ1n) is 8.10. The van der Waals surface area contributed by atoms with Gasteiger partial charge in [0.15, 0.2) is 5.76 Å². The van der Waals surface area contributed by atoms with E-state index >= 15 is 0 Å². The number of non-ortho nitro benzene ring substituents is 1. The minimum absolute atomic E-state index is 0.119. The van der Waals surface area contributed by atoms with Crippen LogP contribution in [0.5, 0.6) is 11.5 Å². The van der Waals surface area contributed by atoms with E-state index in [0.29, 0.717) is 11.3 Å². The van der Waals surface area contributed by atoms with Crippen molar-refractivity contribution in [3.05, 3.63) is 91.9 Å². The zero-order valence-corrected chi connectivity index (χ0v) is 15.0. The molecule has 0 unspecified atom stereocenters. The van der Waals surface area contributed by atoms with Crippen molar-refractivity contribution in [1.82, 2.24) is 0 Å². The van der Waals surface area contributed by atoms with Gasteiger partial charge in [-0.2, -0.15) is 0 Å². The van der Waals surface area contributed by atoms with Crippen LogP contribution in [0.15, 0.2) is 65.7 Å². The number of rotatable bonds is 4. The first-order valence-corrected chi connectivity index (χ1v) is 8.98. The molecule has 0 radical (unpaired) electrons. The zero-order valence-electron chi connectivity index (χ0n) is 14.2. The third kappa shape index (κ3) is 3.40. The fraction of sp³-hybridized carbons (Fsp3) is 0. The fourth-order valence-electron chi connectivity index (χ4n) is 2.62. The number of Topliss-reactive ketones (excluding diaryl/α,β-unsaturated/α-hetero) is 1. The molecule has 0 spiro atoms. The Morgan fingerprint density at radius 3 is 2.61 bits per heavy atom. The molecule has 0 amide bonds. The molecule has 0 saturated heterocycles. The largest absolute Gasteiger partial charge is 0.452 e. The minimum atomic E-state index is -0.673. The number of benzene rings is 2. The van der Waals surface area contributed by atoms with Gasteiger partial charge in [-0.05, 0) is 35.7 Å². The summed E-state index contributed by atoms with van der Waals surface area (Å²) in [5.41, 5.74) is 0.436. The number of ether oxygens (including phenoxy) is 2. The molecule has 0 bridgehead atoms. The van der Waals surface area contributed by atoms with Crippen LogP contribution in [0, 0.1) is 10.1 Å². The van der Waals surface area contributed by atoms with E-state index in [9.17, 15) is 19.7 Å². The smallest absolute Gasteiger partial charge is 0.343 e. The summed E-state index contributed by atoms with van der Waals surface area (Å²) in [4.78, 5) is 35.7. The first kappa shape index (κ1) is 17.6. The third-order valence-electron chi connectivity index (χ3n) is 3.98. The van der Waals surface area contributed by atoms with Gasteiger partial charge in [-0.3, -0.25) is 14.9 Å². The van der Waals surface area contributed by atoms with Crippen molar-refractivity contribution >= 4 is 34.9 Å². The average Bonchev–Trinajstić information content (AvgIpc) is 3.30. The lowest BCUT2D eigenvalue weighted by Crippen LogP contribution is -2.08. The van der Waals surface area contributed by atoms with E-state index in [1.54, 1.807) is 6.08 Å². The predicted octanol–water partition coefficient (Wildman–Crippen LogP) is 4.49. The molecule has 1 aromatic heterocycles. The molecule has 3 aromatic rings. The Bertz CT molecular complexity index is 1120. The molecule has 28 heavy (non-hydrogen) atoms. The maximum atomic E-state index is 12.4. The Morgan fingerprint density at radius 2 is 1.93 bits per heavy atom. The van der Waals surface area contributed by atoms with Crippen LogP contribution in [0.4, 0.5) is 5.69 Å². The quantitative estimate of drug-likeness (QED) is 0.213. The molecule has 0 saturated carbocycles. The van der Waals surface area contributed by atoms with Gasteiger partial charge in [-0.1, -0.05) is 6.07 Å². The maximum absolute atomic E-state index is 12.4. The monoisotopic (exact) mass is 393 g/mol. The third-order valence-corrected chi connectivity index (χ3v) is 4.80. The Morgan fingerprint density at radius 1 is 1.14 bits per heavy atom. The van der Waals surface area contributed by atoms with Crippen LogP contribution in [0.1, 0.15) is 25.6 Å². The van der Waals surface area contributed by atoms with E-state index in [1.807, 2.05) is 17.5 Å². The lowest BCUT2D eigenvalue weighted by atomic mass is 10.1. The molecule has 0 fully saturated rings. The molecule has 1 aliphatic heterocycles. The normalized spacial score (nSPS) is 13.9. The number of nitro groups is 1. The number of carbonyl (C=O) groups excluding carboxylic acids is 2. The molecule has 0 N–H and O–H groups in total. The van der Waals surface area contributed by atoms with Crippen molar-refractivity contribution in [1.29, 1.82) is 0 Å². The summed E-state index contributed by atoms with van der Waals surface area (Å²) in [6.45, 7) is 0. The number of ketones is 1. The molecule has 0 aliphatic carbocycles. The van der Waals surface area contributed by atoms with Gasteiger partial charge in [0.1, 0.15) is 11.5 Å². The van der Waals surface area contributed by atoms with E-state index in [0.717, 1.165) is 4.88 Å². The molecule has 2 aromatic carbocycles. The lowest BCUT2D eigenvalue weighted by molar-refractivity contribution is -0.384. The Kier molecular flexibility index (Phi) is 4.46. The SMILES string of the molecule is O=C(Oc1ccc2c(c1)O/C(=C\c1cccs1)C2=O)c1ccc([N+](=O)[O-])cc1. The molecule has 0 atom stereocenters. The summed E-state index contributed by atoms with van der Waals surface area (Å²) >= 11 is 1.48. The first-order chi connectivity index (χ1) is 13.5. The average molecular weight is 393 g/mol. The number of nitrogens with zero attached hydrogens (tertiary/aromatic N) is 1. The van der Waals surface area contributed by atoms with E-state index in [4.69, 9.17) is 9.47 Å². The van der Waals surface area contributed by atoms with Crippen molar-refractivity contribution in [2.24, 2.45) is 0 Å². The highest BCUT2D eigenvalue weighted by atomic mass is 32.1. The second-order valence-electron chi connectivity index (χ2n) is 5.81. The summed E-state index contributed by atoms with van der Waals surface area (Å²) in [6, 6.07) is 13.3. The van der Waals surface area contributed by atoms with Gasteiger partial charge >= 0.3 is 5.97 Å². The van der Waals surface area contributed by atoms with Crippen LogP contribution in [0.25, 0.3) is 6.08 Å². The standard InChI is InChI=1S/C20H11NO6S/c22-19-16-8-7-14(10-17(16)27-18(19)11-15-2-1-9-28-15)26-20(23)12-3-5-13(6-4-12)21(24)25/h1-11H/b18-11-. The van der Waals surface area contributed by atoms with E-state index in [-0.39, 0.29) is 28.5 Å². The summed E-state index contributed by atoms with van der Waals surface area (Å²) in [6.07, 6.45) is 1.66. The molecular weight excluding hydrogens is 382 g/mol. The van der Waals surface area contributed by atoms with E-state index in [2.05, 4.69) is 0 Å². The number of thiophene rings is 1. The van der Waals surface area contributed by atoms with Crippen LogP contribution < -0.4 is 9.47 Å².